The van der Waals surface area contributed by atoms with E-state index in [1.807, 2.05) is 29.1 Å². The molecule has 0 saturated carbocycles. The Hall–Kier alpha value is -2.79. The van der Waals surface area contributed by atoms with Crippen LogP contribution in [0.4, 0.5) is 0 Å². The van der Waals surface area contributed by atoms with Crippen LogP contribution in [0.15, 0.2) is 66.2 Å². The predicted molar refractivity (Wildman–Crippen MR) is 107 cm³/mol. The van der Waals surface area contributed by atoms with Crippen molar-refractivity contribution in [3.05, 3.63) is 71.9 Å². The summed E-state index contributed by atoms with van der Waals surface area (Å²) in [4.78, 5) is 4.78. The van der Waals surface area contributed by atoms with Crippen LogP contribution in [0.3, 0.4) is 0 Å². The molecule has 0 aliphatic rings. The van der Waals surface area contributed by atoms with Gasteiger partial charge in [-0.05, 0) is 12.1 Å². The fraction of sp³-hybridized carbons (Fsp3) is 0.190. The Morgan fingerprint density at radius 3 is 2.31 bits per heavy atom. The predicted octanol–water partition coefficient (Wildman–Crippen LogP) is 5.36. The van der Waals surface area contributed by atoms with Gasteiger partial charge in [-0.1, -0.05) is 68.4 Å². The molecule has 0 unspecified atom stereocenters. The molecule has 0 bridgehead atoms. The van der Waals surface area contributed by atoms with Gasteiger partial charge in [-0.3, -0.25) is 0 Å². The van der Waals surface area contributed by atoms with Crippen molar-refractivity contribution in [3.63, 3.8) is 0 Å². The Kier molecular flexibility index (Phi) is 4.17. The lowest BCUT2D eigenvalue weighted by Crippen LogP contribution is -2.17. The van der Waals surface area contributed by atoms with E-state index in [1.54, 1.807) is 11.3 Å². The Morgan fingerprint density at radius 1 is 0.885 bits per heavy atom. The number of aromatic nitrogens is 4. The van der Waals surface area contributed by atoms with Gasteiger partial charge in [0.1, 0.15) is 5.01 Å². The highest BCUT2D eigenvalue weighted by Crippen LogP contribution is 2.30. The van der Waals surface area contributed by atoms with Crippen LogP contribution in [0.25, 0.3) is 27.5 Å². The summed E-state index contributed by atoms with van der Waals surface area (Å²) in [7, 11) is 0. The molecule has 5 heteroatoms. The van der Waals surface area contributed by atoms with E-state index in [2.05, 4.69) is 72.9 Å². The Labute approximate surface area is 157 Å². The van der Waals surface area contributed by atoms with Crippen LogP contribution in [-0.4, -0.2) is 20.0 Å². The molecule has 2 aromatic heterocycles. The summed E-state index contributed by atoms with van der Waals surface area (Å²) in [5, 5.41) is 11.5. The highest BCUT2D eigenvalue weighted by atomic mass is 32.1. The van der Waals surface area contributed by atoms with E-state index in [9.17, 15) is 0 Å². The van der Waals surface area contributed by atoms with Gasteiger partial charge in [0.05, 0.1) is 23.3 Å². The second-order valence-corrected chi connectivity index (χ2v) is 8.09. The lowest BCUT2D eigenvalue weighted by atomic mass is 9.92. The molecule has 2 aromatic carbocycles. The number of hydrogen-bond donors (Lipinski definition) is 0. The first kappa shape index (κ1) is 16.7. The maximum Gasteiger partial charge on any atom is 0.124 e. The second kappa shape index (κ2) is 6.50. The minimum atomic E-state index is -0.0122. The first-order valence-electron chi connectivity index (χ1n) is 8.55. The molecule has 0 aliphatic carbocycles. The van der Waals surface area contributed by atoms with Gasteiger partial charge in [-0.25, -0.2) is 9.67 Å². The van der Waals surface area contributed by atoms with Crippen molar-refractivity contribution in [2.75, 3.05) is 0 Å². The standard InChI is InChI=1S/C21H20N4S/c1-21(2,3)19-13-22-24-25(19)17-11-9-15(10-12-17)18-14-26-20(23-18)16-7-5-4-6-8-16/h4-14H,1-3H3. The third kappa shape index (κ3) is 3.18. The highest BCUT2D eigenvalue weighted by Gasteiger charge is 2.20. The van der Waals surface area contributed by atoms with E-state index >= 15 is 0 Å². The summed E-state index contributed by atoms with van der Waals surface area (Å²) >= 11 is 1.67. The van der Waals surface area contributed by atoms with Gasteiger partial charge in [-0.2, -0.15) is 0 Å². The van der Waals surface area contributed by atoms with Crippen LogP contribution in [0.2, 0.25) is 0 Å². The molecule has 0 amide bonds. The van der Waals surface area contributed by atoms with Gasteiger partial charge < -0.3 is 0 Å². The van der Waals surface area contributed by atoms with Gasteiger partial charge in [0.15, 0.2) is 0 Å². The van der Waals surface area contributed by atoms with E-state index in [-0.39, 0.29) is 5.41 Å². The molecular formula is C21H20N4S. The summed E-state index contributed by atoms with van der Waals surface area (Å²) < 4.78 is 1.90. The molecule has 0 spiro atoms. The minimum Gasteiger partial charge on any atom is -0.236 e. The number of hydrogen-bond acceptors (Lipinski definition) is 4. The van der Waals surface area contributed by atoms with Crippen molar-refractivity contribution in [2.45, 2.75) is 26.2 Å². The van der Waals surface area contributed by atoms with E-state index in [1.165, 1.54) is 0 Å². The quantitative estimate of drug-likeness (QED) is 0.494. The third-order valence-electron chi connectivity index (χ3n) is 4.25. The average Bonchev–Trinajstić information content (AvgIpc) is 3.32. The molecule has 26 heavy (non-hydrogen) atoms. The zero-order valence-corrected chi connectivity index (χ0v) is 15.9. The van der Waals surface area contributed by atoms with E-state index in [0.717, 1.165) is 33.2 Å². The third-order valence-corrected chi connectivity index (χ3v) is 5.14. The fourth-order valence-corrected chi connectivity index (χ4v) is 3.67. The fourth-order valence-electron chi connectivity index (χ4n) is 2.83. The molecule has 0 atom stereocenters. The molecule has 0 fully saturated rings. The first-order valence-corrected chi connectivity index (χ1v) is 9.43. The molecule has 4 nitrogen and oxygen atoms in total. The largest absolute Gasteiger partial charge is 0.236 e. The first-order chi connectivity index (χ1) is 12.5. The van der Waals surface area contributed by atoms with Crippen molar-refractivity contribution in [2.24, 2.45) is 0 Å². The van der Waals surface area contributed by atoms with Crippen LogP contribution < -0.4 is 0 Å². The highest BCUT2D eigenvalue weighted by molar-refractivity contribution is 7.13. The number of nitrogens with zero attached hydrogens (tertiary/aromatic N) is 4. The SMILES string of the molecule is CC(C)(C)c1cnnn1-c1ccc(-c2csc(-c3ccccc3)n2)cc1. The van der Waals surface area contributed by atoms with Crippen molar-refractivity contribution in [1.29, 1.82) is 0 Å². The van der Waals surface area contributed by atoms with Gasteiger partial charge >= 0.3 is 0 Å². The number of benzene rings is 2. The molecule has 130 valence electrons. The van der Waals surface area contributed by atoms with E-state index in [4.69, 9.17) is 4.98 Å². The van der Waals surface area contributed by atoms with Gasteiger partial charge in [0, 0.05) is 21.9 Å². The second-order valence-electron chi connectivity index (χ2n) is 7.23. The molecule has 0 saturated heterocycles. The number of thiazole rings is 1. The van der Waals surface area contributed by atoms with Crippen LogP contribution >= 0.6 is 11.3 Å². The molecule has 4 aromatic rings. The normalized spacial score (nSPS) is 11.7. The maximum absolute atomic E-state index is 4.78. The molecule has 0 radical (unpaired) electrons. The Bertz CT molecular complexity index is 1010. The molecule has 0 N–H and O–H groups in total. The van der Waals surface area contributed by atoms with Gasteiger partial charge in [0.2, 0.25) is 0 Å². The summed E-state index contributed by atoms with van der Waals surface area (Å²) in [6.45, 7) is 6.49. The molecular weight excluding hydrogens is 340 g/mol. The molecule has 4 rings (SSSR count). The van der Waals surface area contributed by atoms with Crippen molar-refractivity contribution < 1.29 is 0 Å². The zero-order valence-electron chi connectivity index (χ0n) is 15.0. The van der Waals surface area contributed by atoms with Gasteiger partial charge in [-0.15, -0.1) is 16.4 Å². The summed E-state index contributed by atoms with van der Waals surface area (Å²) in [6, 6.07) is 18.6. The van der Waals surface area contributed by atoms with Crippen LogP contribution in [0.1, 0.15) is 26.5 Å². The average molecular weight is 360 g/mol. The number of rotatable bonds is 3. The van der Waals surface area contributed by atoms with Crippen molar-refractivity contribution >= 4 is 11.3 Å². The topological polar surface area (TPSA) is 43.6 Å². The zero-order chi connectivity index (χ0) is 18.1. The lowest BCUT2D eigenvalue weighted by molar-refractivity contribution is 0.542. The smallest absolute Gasteiger partial charge is 0.124 e. The van der Waals surface area contributed by atoms with E-state index in [0.29, 0.717) is 0 Å². The van der Waals surface area contributed by atoms with Crippen LogP contribution in [0.5, 0.6) is 0 Å². The summed E-state index contributed by atoms with van der Waals surface area (Å²) in [5.74, 6) is 0. The summed E-state index contributed by atoms with van der Waals surface area (Å²) in [5.41, 5.74) is 5.33. The molecule has 0 aliphatic heterocycles. The van der Waals surface area contributed by atoms with Crippen LogP contribution in [0, 0.1) is 0 Å². The maximum atomic E-state index is 4.78. The van der Waals surface area contributed by atoms with Crippen molar-refractivity contribution in [1.82, 2.24) is 20.0 Å². The summed E-state index contributed by atoms with van der Waals surface area (Å²) in [6.07, 6.45) is 1.83. The Balaban J connectivity index is 1.63. The Morgan fingerprint density at radius 2 is 1.62 bits per heavy atom. The lowest BCUT2D eigenvalue weighted by Gasteiger charge is -2.19. The van der Waals surface area contributed by atoms with Crippen molar-refractivity contribution in [3.8, 4) is 27.5 Å². The molecule has 2 heterocycles. The van der Waals surface area contributed by atoms with E-state index < -0.39 is 0 Å². The van der Waals surface area contributed by atoms with Crippen LogP contribution in [-0.2, 0) is 5.41 Å². The monoisotopic (exact) mass is 360 g/mol. The minimum absolute atomic E-state index is 0.0122. The van der Waals surface area contributed by atoms with Gasteiger partial charge in [0.25, 0.3) is 0 Å².